The van der Waals surface area contributed by atoms with Crippen LogP contribution in [0.15, 0.2) is 4.99 Å². The van der Waals surface area contributed by atoms with Crippen LogP contribution in [0.4, 0.5) is 0 Å². The average molecular weight is 155 g/mol. The molecule has 0 N–H and O–H groups in total. The first-order chi connectivity index (χ1) is 5.33. The number of aliphatic imine (C=N–C) groups is 1. The molecule has 0 spiro atoms. The van der Waals surface area contributed by atoms with Gasteiger partial charge in [0.15, 0.2) is 0 Å². The van der Waals surface area contributed by atoms with Crippen molar-refractivity contribution in [3.05, 3.63) is 0 Å². The van der Waals surface area contributed by atoms with Crippen molar-refractivity contribution in [1.29, 1.82) is 0 Å². The number of hydrogen-bond donors (Lipinski definition) is 0. The first-order valence-electron chi connectivity index (χ1n) is 3.92. The van der Waals surface area contributed by atoms with Crippen LogP contribution in [-0.2, 0) is 9.53 Å². The van der Waals surface area contributed by atoms with E-state index in [1.807, 2.05) is 0 Å². The van der Waals surface area contributed by atoms with Crippen molar-refractivity contribution >= 4 is 6.08 Å². The Hall–Kier alpha value is -0.660. The van der Waals surface area contributed by atoms with Crippen LogP contribution in [0.5, 0.6) is 0 Å². The molecule has 3 heteroatoms. The molecule has 0 aromatic rings. The topological polar surface area (TPSA) is 38.7 Å². The van der Waals surface area contributed by atoms with Crippen LogP contribution in [0.3, 0.4) is 0 Å². The maximum absolute atomic E-state index is 9.87. The molecule has 0 aromatic carbocycles. The lowest BCUT2D eigenvalue weighted by Crippen LogP contribution is -2.30. The molecule has 0 heterocycles. The molecule has 0 radical (unpaired) electrons. The summed E-state index contributed by atoms with van der Waals surface area (Å²) in [4.78, 5) is 13.4. The normalized spacial score (nSPS) is 21.2. The van der Waals surface area contributed by atoms with Crippen LogP contribution in [0, 0.1) is 0 Å². The van der Waals surface area contributed by atoms with Crippen LogP contribution in [-0.4, -0.2) is 25.3 Å². The van der Waals surface area contributed by atoms with Crippen LogP contribution < -0.4 is 0 Å². The molecule has 0 saturated heterocycles. The third-order valence-corrected chi connectivity index (χ3v) is 2.38. The van der Waals surface area contributed by atoms with Gasteiger partial charge in [-0.1, -0.05) is 12.8 Å². The van der Waals surface area contributed by atoms with Crippen LogP contribution in [0.25, 0.3) is 0 Å². The zero-order chi connectivity index (χ0) is 8.16. The van der Waals surface area contributed by atoms with Crippen molar-refractivity contribution < 1.29 is 9.53 Å². The molecule has 3 nitrogen and oxygen atoms in total. The summed E-state index contributed by atoms with van der Waals surface area (Å²) in [5, 5.41) is 0. The SMILES string of the molecule is COC1(CN=C=O)CCCC1. The van der Waals surface area contributed by atoms with Crippen molar-refractivity contribution in [2.75, 3.05) is 13.7 Å². The number of isocyanates is 1. The summed E-state index contributed by atoms with van der Waals surface area (Å²) in [6, 6.07) is 0. The van der Waals surface area contributed by atoms with E-state index in [9.17, 15) is 4.79 Å². The first-order valence-corrected chi connectivity index (χ1v) is 3.92. The molecule has 0 aromatic heterocycles. The Morgan fingerprint density at radius 1 is 1.55 bits per heavy atom. The van der Waals surface area contributed by atoms with Gasteiger partial charge in [-0.05, 0) is 12.8 Å². The maximum atomic E-state index is 9.87. The molecule has 1 saturated carbocycles. The van der Waals surface area contributed by atoms with Gasteiger partial charge in [0.05, 0.1) is 12.1 Å². The van der Waals surface area contributed by atoms with Gasteiger partial charge in [-0.25, -0.2) is 9.79 Å². The molecule has 1 aliphatic carbocycles. The summed E-state index contributed by atoms with van der Waals surface area (Å²) >= 11 is 0. The molecule has 1 rings (SSSR count). The Kier molecular flexibility index (Phi) is 2.80. The molecular weight excluding hydrogens is 142 g/mol. The van der Waals surface area contributed by atoms with E-state index in [-0.39, 0.29) is 5.60 Å². The van der Waals surface area contributed by atoms with E-state index in [0.717, 1.165) is 12.8 Å². The Morgan fingerprint density at radius 3 is 2.64 bits per heavy atom. The van der Waals surface area contributed by atoms with E-state index in [4.69, 9.17) is 4.74 Å². The Labute approximate surface area is 66.5 Å². The van der Waals surface area contributed by atoms with E-state index >= 15 is 0 Å². The van der Waals surface area contributed by atoms with E-state index in [0.29, 0.717) is 6.54 Å². The smallest absolute Gasteiger partial charge is 0.235 e. The molecule has 0 aliphatic heterocycles. The third kappa shape index (κ3) is 1.88. The molecule has 11 heavy (non-hydrogen) atoms. The quantitative estimate of drug-likeness (QED) is 0.455. The summed E-state index contributed by atoms with van der Waals surface area (Å²) < 4.78 is 5.33. The highest BCUT2D eigenvalue weighted by Crippen LogP contribution is 2.32. The zero-order valence-corrected chi connectivity index (χ0v) is 6.80. The minimum Gasteiger partial charge on any atom is -0.376 e. The molecule has 0 amide bonds. The monoisotopic (exact) mass is 155 g/mol. The number of nitrogens with zero attached hydrogens (tertiary/aromatic N) is 1. The zero-order valence-electron chi connectivity index (χ0n) is 6.80. The van der Waals surface area contributed by atoms with Crippen LogP contribution >= 0.6 is 0 Å². The molecule has 0 unspecified atom stereocenters. The Morgan fingerprint density at radius 2 is 2.18 bits per heavy atom. The van der Waals surface area contributed by atoms with Crippen LogP contribution in [0.1, 0.15) is 25.7 Å². The van der Waals surface area contributed by atoms with Crippen LogP contribution in [0.2, 0.25) is 0 Å². The Bertz CT molecular complexity index is 167. The van der Waals surface area contributed by atoms with Gasteiger partial charge < -0.3 is 4.74 Å². The van der Waals surface area contributed by atoms with Gasteiger partial charge in [-0.2, -0.15) is 0 Å². The highest BCUT2D eigenvalue weighted by atomic mass is 16.5. The fourth-order valence-corrected chi connectivity index (χ4v) is 1.62. The summed E-state index contributed by atoms with van der Waals surface area (Å²) in [6.45, 7) is 0.479. The highest BCUT2D eigenvalue weighted by Gasteiger charge is 2.33. The minimum absolute atomic E-state index is 0.141. The molecule has 1 fully saturated rings. The number of rotatable bonds is 3. The molecule has 0 bridgehead atoms. The third-order valence-electron chi connectivity index (χ3n) is 2.38. The van der Waals surface area contributed by atoms with E-state index in [2.05, 4.69) is 4.99 Å². The van der Waals surface area contributed by atoms with Crippen molar-refractivity contribution in [3.8, 4) is 0 Å². The lowest BCUT2D eigenvalue weighted by molar-refractivity contribution is 0.00431. The predicted molar refractivity (Wildman–Crippen MR) is 41.2 cm³/mol. The summed E-state index contributed by atoms with van der Waals surface area (Å²) in [6.07, 6.45) is 5.96. The molecule has 0 atom stereocenters. The van der Waals surface area contributed by atoms with Crippen molar-refractivity contribution in [1.82, 2.24) is 0 Å². The van der Waals surface area contributed by atoms with Crippen molar-refractivity contribution in [3.63, 3.8) is 0 Å². The summed E-state index contributed by atoms with van der Waals surface area (Å²) in [7, 11) is 1.69. The van der Waals surface area contributed by atoms with Gasteiger partial charge in [-0.3, -0.25) is 0 Å². The Balaban J connectivity index is 2.51. The van der Waals surface area contributed by atoms with E-state index in [1.165, 1.54) is 12.8 Å². The second-order valence-corrected chi connectivity index (χ2v) is 3.00. The van der Waals surface area contributed by atoms with E-state index in [1.54, 1.807) is 13.2 Å². The van der Waals surface area contributed by atoms with Crippen molar-refractivity contribution in [2.45, 2.75) is 31.3 Å². The summed E-state index contributed by atoms with van der Waals surface area (Å²) in [5.41, 5.74) is -0.141. The number of hydrogen-bond acceptors (Lipinski definition) is 3. The highest BCUT2D eigenvalue weighted by molar-refractivity contribution is 5.33. The fraction of sp³-hybridized carbons (Fsp3) is 0.875. The van der Waals surface area contributed by atoms with Gasteiger partial charge >= 0.3 is 0 Å². The maximum Gasteiger partial charge on any atom is 0.235 e. The summed E-state index contributed by atoms with van der Waals surface area (Å²) in [5.74, 6) is 0. The lowest BCUT2D eigenvalue weighted by atomic mass is 10.0. The number of ether oxygens (including phenoxy) is 1. The lowest BCUT2D eigenvalue weighted by Gasteiger charge is -2.23. The van der Waals surface area contributed by atoms with Crippen molar-refractivity contribution in [2.24, 2.45) is 4.99 Å². The number of methoxy groups -OCH3 is 1. The average Bonchev–Trinajstić information content (AvgIpc) is 2.50. The predicted octanol–water partition coefficient (Wildman–Crippen LogP) is 1.28. The number of carbonyl (C=O) groups excluding carboxylic acids is 1. The minimum atomic E-state index is -0.141. The second kappa shape index (κ2) is 3.65. The first kappa shape index (κ1) is 8.44. The molecule has 62 valence electrons. The van der Waals surface area contributed by atoms with E-state index < -0.39 is 0 Å². The fourth-order valence-electron chi connectivity index (χ4n) is 1.62. The van der Waals surface area contributed by atoms with Gasteiger partial charge in [0.25, 0.3) is 0 Å². The van der Waals surface area contributed by atoms with Gasteiger partial charge in [0.1, 0.15) is 0 Å². The largest absolute Gasteiger partial charge is 0.376 e. The van der Waals surface area contributed by atoms with Gasteiger partial charge in [0, 0.05) is 7.11 Å². The standard InChI is InChI=1S/C8H13NO2/c1-11-8(6-9-7-10)4-2-3-5-8/h2-6H2,1H3. The molecular formula is C8H13NO2. The molecule has 1 aliphatic rings. The second-order valence-electron chi connectivity index (χ2n) is 3.00. The van der Waals surface area contributed by atoms with Gasteiger partial charge in [0.2, 0.25) is 6.08 Å². The van der Waals surface area contributed by atoms with Gasteiger partial charge in [-0.15, -0.1) is 0 Å².